The molecule has 16 nitrogen and oxygen atoms in total. The number of nitrogens with zero attached hydrogens (tertiary/aromatic N) is 16. The van der Waals surface area contributed by atoms with Gasteiger partial charge in [-0.3, -0.25) is 18.5 Å². The third-order valence-corrected chi connectivity index (χ3v) is 27.7. The summed E-state index contributed by atoms with van der Waals surface area (Å²) in [7, 11) is 4.22. The van der Waals surface area contributed by atoms with Crippen molar-refractivity contribution in [3.63, 3.8) is 0 Å². The number of anilines is 2. The summed E-state index contributed by atoms with van der Waals surface area (Å²) in [5.74, 6) is 2.96. The first-order chi connectivity index (χ1) is 68.6. The molecule has 0 N–H and O–H groups in total. The molecular weight excluding hydrogens is 2310 g/mol. The van der Waals surface area contributed by atoms with Crippen molar-refractivity contribution in [1.29, 1.82) is 0 Å². The minimum absolute atomic E-state index is 0. The van der Waals surface area contributed by atoms with Gasteiger partial charge in [0.1, 0.15) is 0 Å². The summed E-state index contributed by atoms with van der Waals surface area (Å²) in [5, 5.41) is 23.4. The quantitative estimate of drug-likeness (QED) is 0.112. The molecule has 0 saturated carbocycles. The standard InChI is InChI=1S/C43H30N4.2C41H33N6.3Pt/c1-43(2,3)31-24-32(45-27-42(44-28-45)47-39-19-11-8-15-34(39)35-16-9-12-20-40(35)47)26-33(25-31)46-38-18-10-7-17-36(38)37-22-21-30(23-41(37)46)29-13-5-4-6-14-29;1-41(2,3)28-22-30(44-26-40(43(4)27-44)47-37-16-9-6-12-32(37)33-13-7-10-17-38(33)47)24-31(23-28)46-36-15-8-5-14-34(36)35-19-18-29(25-39(35)46)45-21-11-20-42-45;1-41(2,3)28-22-30(45-21-11-20-42-45)24-31(23-28)46-36-15-8-5-14-34(36)35-19-18-29(25-39(35)46)44-26-40(43(4)27-44)47-37-16-9-6-12-32(37)33-13-7-10-17-38(33)47;;;/h4-13,15-22,24-25,27H,1-3H3;2*5-23,26-27H,1-4H3;;;/q-4;2*-3;;;+4. The largest absolute Gasteiger partial charge is 4.00 e. The van der Waals surface area contributed by atoms with E-state index in [1.165, 1.54) is 87.2 Å². The molecule has 0 radical (unpaired) electrons. The van der Waals surface area contributed by atoms with Crippen molar-refractivity contribution >= 4 is 154 Å². The zero-order valence-electron chi connectivity index (χ0n) is 81.0. The Labute approximate surface area is 879 Å². The average molecular weight is 2410 g/mol. The van der Waals surface area contributed by atoms with E-state index in [1.54, 1.807) is 6.20 Å². The molecule has 0 amide bonds. The molecule has 0 fully saturated rings. The number of rotatable bonds is 12. The third kappa shape index (κ3) is 16.2. The summed E-state index contributed by atoms with van der Waals surface area (Å²) in [6.07, 6.45) is 17.3. The number of hydrogen-bond acceptors (Lipinski definition) is 7. The molecule has 25 aromatic rings. The molecule has 0 unspecified atom stereocenters. The van der Waals surface area contributed by atoms with E-state index in [4.69, 9.17) is 4.98 Å². The van der Waals surface area contributed by atoms with Crippen molar-refractivity contribution in [3.05, 3.63) is 450 Å². The summed E-state index contributed by atoms with van der Waals surface area (Å²) in [4.78, 5) is 13.6. The van der Waals surface area contributed by atoms with E-state index >= 15 is 0 Å². The Kier molecular flexibility index (Phi) is 24.0. The van der Waals surface area contributed by atoms with Gasteiger partial charge in [0, 0.05) is 151 Å². The fourth-order valence-corrected chi connectivity index (χ4v) is 20.6. The van der Waals surface area contributed by atoms with Crippen LogP contribution in [-0.4, -0.2) is 80.4 Å². The molecule has 11 heterocycles. The molecule has 0 bridgehead atoms. The van der Waals surface area contributed by atoms with E-state index in [0.717, 1.165) is 134 Å². The van der Waals surface area contributed by atoms with Gasteiger partial charge in [0.15, 0.2) is 0 Å². The monoisotopic (exact) mass is 2410 g/mol. The van der Waals surface area contributed by atoms with Crippen LogP contribution in [0.1, 0.15) is 79.0 Å². The van der Waals surface area contributed by atoms with Crippen LogP contribution in [0.5, 0.6) is 0 Å². The first-order valence-electron chi connectivity index (χ1n) is 47.8. The van der Waals surface area contributed by atoms with Crippen molar-refractivity contribution in [1.82, 2.24) is 66.3 Å². The van der Waals surface area contributed by atoms with Crippen LogP contribution in [0.15, 0.2) is 371 Å². The number of fused-ring (bicyclic) bond motifs is 18. The second kappa shape index (κ2) is 36.9. The molecule has 27 rings (SSSR count). The predicted octanol–water partition coefficient (Wildman–Crippen LogP) is 28.8. The molecule has 9 aromatic heterocycles. The molecule has 0 saturated heterocycles. The van der Waals surface area contributed by atoms with E-state index in [0.29, 0.717) is 0 Å². The number of para-hydroxylation sites is 9. The second-order valence-electron chi connectivity index (χ2n) is 39.7. The topological polar surface area (TPSA) is 96.0 Å². The first kappa shape index (κ1) is 93.6. The van der Waals surface area contributed by atoms with E-state index in [2.05, 4.69) is 512 Å². The number of imidazole rings is 1. The summed E-state index contributed by atoms with van der Waals surface area (Å²) in [5.41, 5.74) is 26.2. The Bertz CT molecular complexity index is 9180. The van der Waals surface area contributed by atoms with Gasteiger partial charge < -0.3 is 47.4 Å². The molecule has 712 valence electrons. The van der Waals surface area contributed by atoms with Crippen molar-refractivity contribution < 1.29 is 63.2 Å². The van der Waals surface area contributed by atoms with Gasteiger partial charge in [-0.2, -0.15) is 95.4 Å². The van der Waals surface area contributed by atoms with Crippen LogP contribution < -0.4 is 9.80 Å². The predicted molar refractivity (Wildman–Crippen MR) is 577 cm³/mol. The van der Waals surface area contributed by atoms with Gasteiger partial charge >= 0.3 is 21.1 Å². The minimum Gasteiger partial charge on any atom is -0.498 e. The van der Waals surface area contributed by atoms with Gasteiger partial charge in [-0.15, -0.1) is 112 Å². The van der Waals surface area contributed by atoms with Crippen molar-refractivity contribution in [2.75, 3.05) is 23.9 Å². The van der Waals surface area contributed by atoms with E-state index in [9.17, 15) is 0 Å². The maximum atomic E-state index is 4.83. The fraction of sp³-hybridized carbons (Fsp3) is 0.112. The van der Waals surface area contributed by atoms with Crippen molar-refractivity contribution in [2.45, 2.75) is 78.6 Å². The molecule has 0 spiro atoms. The van der Waals surface area contributed by atoms with Gasteiger partial charge in [-0.1, -0.05) is 266 Å². The molecule has 2 aliphatic heterocycles. The molecule has 0 atom stereocenters. The van der Waals surface area contributed by atoms with Crippen LogP contribution in [-0.2, 0) is 79.4 Å². The van der Waals surface area contributed by atoms with Crippen LogP contribution in [0.3, 0.4) is 0 Å². The minimum atomic E-state index is -0.110. The van der Waals surface area contributed by atoms with Crippen LogP contribution in [0, 0.1) is 62.1 Å². The molecule has 2 aliphatic rings. The van der Waals surface area contributed by atoms with Crippen molar-refractivity contribution in [3.8, 4) is 51.1 Å². The van der Waals surface area contributed by atoms with E-state index in [-0.39, 0.29) is 79.4 Å². The maximum absolute atomic E-state index is 4.83. The number of hydrogen-bond donors (Lipinski definition) is 0. The number of benzene rings is 16. The zero-order chi connectivity index (χ0) is 95.4. The first-order valence-corrected chi connectivity index (χ1v) is 47.8. The summed E-state index contributed by atoms with van der Waals surface area (Å²) >= 11 is 0. The van der Waals surface area contributed by atoms with Gasteiger partial charge in [-0.05, 0) is 130 Å². The Morgan fingerprint density at radius 2 is 0.597 bits per heavy atom. The Hall–Kier alpha value is -15.3. The zero-order valence-corrected chi connectivity index (χ0v) is 87.8. The molecule has 144 heavy (non-hydrogen) atoms. The number of aromatic nitrogens is 12. The molecular formula is C125H96N16Pt3-6. The van der Waals surface area contributed by atoms with Crippen LogP contribution >= 0.6 is 0 Å². The summed E-state index contributed by atoms with van der Waals surface area (Å²) < 4.78 is 19.5. The van der Waals surface area contributed by atoms with Crippen LogP contribution in [0.25, 0.3) is 194 Å². The van der Waals surface area contributed by atoms with Gasteiger partial charge in [0.25, 0.3) is 0 Å². The molecule has 19 heteroatoms. The summed E-state index contributed by atoms with van der Waals surface area (Å²) in [6.45, 7) is 24.6. The Morgan fingerprint density at radius 1 is 0.278 bits per heavy atom. The van der Waals surface area contributed by atoms with E-state index < -0.39 is 0 Å². The fourth-order valence-electron chi connectivity index (χ4n) is 20.6. The van der Waals surface area contributed by atoms with Crippen molar-refractivity contribution in [2.24, 2.45) is 0 Å². The second-order valence-corrected chi connectivity index (χ2v) is 39.7. The molecule has 16 aromatic carbocycles. The summed E-state index contributed by atoms with van der Waals surface area (Å²) in [6, 6.07) is 142. The third-order valence-electron chi connectivity index (χ3n) is 27.7. The Balaban J connectivity index is 0.000000122. The van der Waals surface area contributed by atoms with Gasteiger partial charge in [-0.25, -0.2) is 11.1 Å². The molecule has 0 aliphatic carbocycles. The normalized spacial score (nSPS) is 13.0. The average Bonchev–Trinajstić information content (AvgIpc) is 1.57. The SMILES string of the molecule is CC(C)(C)c1cc(-n2[c-]nc(-n3c4ccccc4c4ccccc43)c2)[c-]c(-n2c3[c-]c(-c4[c-]cccc4)ccc3c3ccccc32)c1.CN1[CH-]N(c2[c-]c(-n3c4[c-]c(-n5cccn5)ccc4c4ccccc43)cc(C(C)(C)C)c2)C=C1n1c2ccccc2c2ccccc21.CN1[CH-]N(c2[c-]c3c(cc2)c2ccccc2n3-c2[c-]c(-n3cccn3)cc(C(C)(C)C)c2)C=C1n1c2ccccc2c2ccccc21.[Pt+4].[Pt].[Pt]. The van der Waals surface area contributed by atoms with Gasteiger partial charge in [0.2, 0.25) is 0 Å². The van der Waals surface area contributed by atoms with E-state index in [1.807, 2.05) is 62.9 Å². The van der Waals surface area contributed by atoms with Crippen LogP contribution in [0.4, 0.5) is 11.4 Å². The van der Waals surface area contributed by atoms with Crippen LogP contribution in [0.2, 0.25) is 0 Å². The Morgan fingerprint density at radius 3 is 0.993 bits per heavy atom. The smallest absolute Gasteiger partial charge is 0.498 e. The van der Waals surface area contributed by atoms with Gasteiger partial charge in [0.05, 0.1) is 33.7 Å². The maximum Gasteiger partial charge on any atom is 4.00 e.